The third kappa shape index (κ3) is 2.57. The van der Waals surface area contributed by atoms with E-state index in [2.05, 4.69) is 15.8 Å². The molecule has 0 atom stereocenters. The number of anilines is 1. The Morgan fingerprint density at radius 2 is 2.33 bits per heavy atom. The Morgan fingerprint density at radius 1 is 1.56 bits per heavy atom. The first-order chi connectivity index (χ1) is 8.56. The second kappa shape index (κ2) is 4.74. The minimum absolute atomic E-state index is 0.0165. The van der Waals surface area contributed by atoms with E-state index in [1.807, 2.05) is 0 Å². The number of hydrogen-bond donors (Lipinski definition) is 3. The van der Waals surface area contributed by atoms with Gasteiger partial charge in [0.1, 0.15) is 5.75 Å². The van der Waals surface area contributed by atoms with Gasteiger partial charge in [-0.25, -0.2) is 10.2 Å². The van der Waals surface area contributed by atoms with E-state index >= 15 is 0 Å². The Bertz CT molecular complexity index is 539. The molecule has 0 aromatic heterocycles. The zero-order valence-corrected chi connectivity index (χ0v) is 9.69. The molecule has 1 aliphatic heterocycles. The van der Waals surface area contributed by atoms with Crippen LogP contribution in [0.2, 0.25) is 0 Å². The molecule has 0 bridgehead atoms. The number of carbonyl (C=O) groups excluding carboxylic acids is 2. The predicted molar refractivity (Wildman–Crippen MR) is 65.5 cm³/mol. The van der Waals surface area contributed by atoms with E-state index in [4.69, 9.17) is 10.5 Å². The van der Waals surface area contributed by atoms with Gasteiger partial charge in [-0.1, -0.05) is 0 Å². The number of hydrogen-bond acceptors (Lipinski definition) is 4. The second-order valence-electron chi connectivity index (χ2n) is 3.72. The molecular weight excluding hydrogens is 236 g/mol. The van der Waals surface area contributed by atoms with Gasteiger partial charge in [0.2, 0.25) is 0 Å². The molecule has 2 rings (SSSR count). The number of nitrogens with zero attached hydrogens (tertiary/aromatic N) is 1. The summed E-state index contributed by atoms with van der Waals surface area (Å²) in [7, 11) is 0. The summed E-state index contributed by atoms with van der Waals surface area (Å²) in [6.45, 7) is 1.73. The molecule has 0 spiro atoms. The molecule has 0 saturated heterocycles. The highest BCUT2D eigenvalue weighted by Gasteiger charge is 2.16. The maximum atomic E-state index is 11.2. The highest BCUT2D eigenvalue weighted by atomic mass is 16.5. The maximum Gasteiger partial charge on any atom is 0.332 e. The summed E-state index contributed by atoms with van der Waals surface area (Å²) in [5.41, 5.74) is 8.95. The number of fused-ring (bicyclic) bond motifs is 1. The summed E-state index contributed by atoms with van der Waals surface area (Å²) in [6, 6.07) is 4.49. The van der Waals surface area contributed by atoms with E-state index < -0.39 is 6.03 Å². The summed E-state index contributed by atoms with van der Waals surface area (Å²) >= 11 is 0. The lowest BCUT2D eigenvalue weighted by molar-refractivity contribution is -0.118. The minimum Gasteiger partial charge on any atom is -0.482 e. The molecule has 1 aromatic carbocycles. The monoisotopic (exact) mass is 248 g/mol. The van der Waals surface area contributed by atoms with Crippen LogP contribution in [0, 0.1) is 0 Å². The number of benzene rings is 1. The number of urea groups is 1. The molecule has 1 heterocycles. The fraction of sp³-hybridized carbons (Fsp3) is 0.182. The van der Waals surface area contributed by atoms with Crippen LogP contribution in [0.25, 0.3) is 0 Å². The molecule has 0 fully saturated rings. The van der Waals surface area contributed by atoms with Gasteiger partial charge in [-0.05, 0) is 30.7 Å². The highest BCUT2D eigenvalue weighted by molar-refractivity contribution is 6.02. The van der Waals surface area contributed by atoms with Crippen molar-refractivity contribution in [3.8, 4) is 5.75 Å². The van der Waals surface area contributed by atoms with Crippen LogP contribution in [-0.2, 0) is 4.79 Å². The summed E-state index contributed by atoms with van der Waals surface area (Å²) in [5, 5.41) is 6.49. The largest absolute Gasteiger partial charge is 0.482 e. The molecule has 3 amide bonds. The number of amides is 3. The molecule has 0 radical (unpaired) electrons. The zero-order chi connectivity index (χ0) is 13.1. The third-order valence-electron chi connectivity index (χ3n) is 2.36. The molecule has 0 aliphatic carbocycles. The Hall–Kier alpha value is -2.57. The summed E-state index contributed by atoms with van der Waals surface area (Å²) in [4.78, 5) is 21.7. The molecule has 7 heteroatoms. The van der Waals surface area contributed by atoms with Crippen molar-refractivity contribution in [3.05, 3.63) is 23.8 Å². The fourth-order valence-corrected chi connectivity index (χ4v) is 1.51. The normalized spacial score (nSPS) is 14.3. The Balaban J connectivity index is 2.25. The van der Waals surface area contributed by atoms with Gasteiger partial charge in [0, 0.05) is 0 Å². The lowest BCUT2D eigenvalue weighted by atomic mass is 10.1. The van der Waals surface area contributed by atoms with E-state index in [0.29, 0.717) is 17.1 Å². The van der Waals surface area contributed by atoms with Crippen molar-refractivity contribution in [3.63, 3.8) is 0 Å². The van der Waals surface area contributed by atoms with E-state index in [1.54, 1.807) is 25.1 Å². The number of carbonyl (C=O) groups is 2. The van der Waals surface area contributed by atoms with Crippen LogP contribution in [0.5, 0.6) is 5.75 Å². The molecule has 1 aliphatic rings. The molecule has 18 heavy (non-hydrogen) atoms. The molecule has 7 nitrogen and oxygen atoms in total. The van der Waals surface area contributed by atoms with E-state index in [0.717, 1.165) is 5.56 Å². The standard InChI is InChI=1S/C11H12N4O3/c1-6(14-15-11(12)17)7-2-3-9-8(4-7)13-10(16)5-18-9/h2-4H,5H2,1H3,(H,13,16)(H3,12,15,17)/b14-6-. The smallest absolute Gasteiger partial charge is 0.332 e. The zero-order valence-electron chi connectivity index (χ0n) is 9.69. The predicted octanol–water partition coefficient (Wildman–Crippen LogP) is 0.410. The van der Waals surface area contributed by atoms with Crippen LogP contribution in [0.3, 0.4) is 0 Å². The lowest BCUT2D eigenvalue weighted by Crippen LogP contribution is -2.26. The third-order valence-corrected chi connectivity index (χ3v) is 2.36. The van der Waals surface area contributed by atoms with Crippen molar-refractivity contribution in [2.24, 2.45) is 10.8 Å². The highest BCUT2D eigenvalue weighted by Crippen LogP contribution is 2.28. The first kappa shape index (κ1) is 11.9. The SMILES string of the molecule is C/C(=N/NC(N)=O)c1ccc2c(c1)NC(=O)CO2. The Morgan fingerprint density at radius 3 is 3.06 bits per heavy atom. The Labute approximate surface area is 103 Å². The van der Waals surface area contributed by atoms with Crippen LogP contribution >= 0.6 is 0 Å². The second-order valence-corrected chi connectivity index (χ2v) is 3.72. The van der Waals surface area contributed by atoms with Gasteiger partial charge in [0.25, 0.3) is 5.91 Å². The van der Waals surface area contributed by atoms with Crippen molar-refractivity contribution in [1.82, 2.24) is 5.43 Å². The number of nitrogens with two attached hydrogens (primary N) is 1. The maximum absolute atomic E-state index is 11.2. The van der Waals surface area contributed by atoms with Gasteiger partial charge >= 0.3 is 6.03 Å². The van der Waals surface area contributed by atoms with Gasteiger partial charge in [0.15, 0.2) is 6.61 Å². The van der Waals surface area contributed by atoms with Gasteiger partial charge in [-0.2, -0.15) is 5.10 Å². The van der Waals surface area contributed by atoms with Crippen LogP contribution in [0.4, 0.5) is 10.5 Å². The van der Waals surface area contributed by atoms with E-state index in [9.17, 15) is 9.59 Å². The number of nitrogens with one attached hydrogen (secondary N) is 2. The van der Waals surface area contributed by atoms with Gasteiger partial charge in [0.05, 0.1) is 11.4 Å². The quantitative estimate of drug-likeness (QED) is 0.521. The Kier molecular flexibility index (Phi) is 3.13. The first-order valence-corrected chi connectivity index (χ1v) is 5.23. The van der Waals surface area contributed by atoms with Crippen molar-refractivity contribution in [2.75, 3.05) is 11.9 Å². The van der Waals surface area contributed by atoms with E-state index in [1.165, 1.54) is 0 Å². The lowest BCUT2D eigenvalue weighted by Gasteiger charge is -2.18. The first-order valence-electron chi connectivity index (χ1n) is 5.23. The van der Waals surface area contributed by atoms with Crippen molar-refractivity contribution in [2.45, 2.75) is 6.92 Å². The summed E-state index contributed by atoms with van der Waals surface area (Å²) in [5.74, 6) is 0.401. The fourth-order valence-electron chi connectivity index (χ4n) is 1.51. The van der Waals surface area contributed by atoms with Crippen LogP contribution in [0.1, 0.15) is 12.5 Å². The van der Waals surface area contributed by atoms with Crippen LogP contribution in [-0.4, -0.2) is 24.3 Å². The number of rotatable bonds is 2. The molecule has 1 aromatic rings. The summed E-state index contributed by atoms with van der Waals surface area (Å²) in [6.07, 6.45) is 0. The number of ether oxygens (including phenoxy) is 1. The van der Waals surface area contributed by atoms with Gasteiger partial charge < -0.3 is 15.8 Å². The van der Waals surface area contributed by atoms with Gasteiger partial charge in [-0.3, -0.25) is 4.79 Å². The van der Waals surface area contributed by atoms with Crippen LogP contribution < -0.4 is 21.2 Å². The molecule has 4 N–H and O–H groups in total. The molecule has 0 unspecified atom stereocenters. The van der Waals surface area contributed by atoms with Crippen LogP contribution in [0.15, 0.2) is 23.3 Å². The topological polar surface area (TPSA) is 106 Å². The minimum atomic E-state index is -0.732. The number of hydrazone groups is 1. The van der Waals surface area contributed by atoms with Gasteiger partial charge in [-0.15, -0.1) is 0 Å². The molecule has 0 saturated carbocycles. The van der Waals surface area contributed by atoms with Crippen molar-refractivity contribution in [1.29, 1.82) is 0 Å². The molecule has 94 valence electrons. The number of primary amides is 1. The van der Waals surface area contributed by atoms with E-state index in [-0.39, 0.29) is 12.5 Å². The van der Waals surface area contributed by atoms with Crippen molar-refractivity contribution >= 4 is 23.3 Å². The average Bonchev–Trinajstić information content (AvgIpc) is 2.34. The van der Waals surface area contributed by atoms with Crippen molar-refractivity contribution < 1.29 is 14.3 Å². The molecular formula is C11H12N4O3. The summed E-state index contributed by atoms with van der Waals surface area (Å²) < 4.78 is 5.23. The average molecular weight is 248 g/mol.